The van der Waals surface area contributed by atoms with Gasteiger partial charge in [0.1, 0.15) is 5.66 Å². The zero-order chi connectivity index (χ0) is 23.0. The normalized spacial score (nSPS) is 24.2. The van der Waals surface area contributed by atoms with Crippen LogP contribution in [0.2, 0.25) is 0 Å². The molecule has 3 heterocycles. The van der Waals surface area contributed by atoms with Crippen molar-refractivity contribution in [3.05, 3.63) is 60.2 Å². The Morgan fingerprint density at radius 3 is 2.67 bits per heavy atom. The molecule has 33 heavy (non-hydrogen) atoms. The molecular formula is C26H30N4O3. The second-order valence-corrected chi connectivity index (χ2v) is 9.41. The molecule has 3 aliphatic heterocycles. The van der Waals surface area contributed by atoms with Crippen LogP contribution in [0.1, 0.15) is 43.0 Å². The second-order valence-electron chi connectivity index (χ2n) is 9.41. The van der Waals surface area contributed by atoms with Crippen molar-refractivity contribution in [3.63, 3.8) is 0 Å². The molecule has 0 aliphatic carbocycles. The van der Waals surface area contributed by atoms with Gasteiger partial charge in [-0.15, -0.1) is 0 Å². The number of hydrogen-bond donors (Lipinski definition) is 1. The second kappa shape index (κ2) is 8.54. The van der Waals surface area contributed by atoms with E-state index in [0.29, 0.717) is 43.1 Å². The van der Waals surface area contributed by atoms with Crippen LogP contribution in [0.25, 0.3) is 0 Å². The topological polar surface area (TPSA) is 73.0 Å². The lowest BCUT2D eigenvalue weighted by Crippen LogP contribution is -2.62. The third-order valence-electron chi connectivity index (χ3n) is 7.30. The third kappa shape index (κ3) is 3.86. The fourth-order valence-electron chi connectivity index (χ4n) is 5.47. The number of hydrogen-bond acceptors (Lipinski definition) is 4. The fourth-order valence-corrected chi connectivity index (χ4v) is 5.47. The molecule has 172 valence electrons. The van der Waals surface area contributed by atoms with Crippen LogP contribution in [0.5, 0.6) is 0 Å². The van der Waals surface area contributed by atoms with E-state index in [-0.39, 0.29) is 24.1 Å². The molecule has 0 saturated carbocycles. The monoisotopic (exact) mass is 446 g/mol. The number of nitrogens with zero attached hydrogens (tertiary/aromatic N) is 3. The SMILES string of the molecule is C[C@]12CCC(=O)N1c1ccccc1C(=O)N2CCC(=O)NC[C@@H]1CCN(c2ccccc2)C1. The van der Waals surface area contributed by atoms with Gasteiger partial charge in [-0.25, -0.2) is 0 Å². The number of fused-ring (bicyclic) bond motifs is 3. The van der Waals surface area contributed by atoms with Gasteiger partial charge in [-0.2, -0.15) is 0 Å². The van der Waals surface area contributed by atoms with Gasteiger partial charge in [0.25, 0.3) is 5.91 Å². The number of anilines is 2. The number of para-hydroxylation sites is 2. The molecule has 3 aliphatic rings. The van der Waals surface area contributed by atoms with E-state index in [1.54, 1.807) is 15.9 Å². The minimum Gasteiger partial charge on any atom is -0.371 e. The quantitative estimate of drug-likeness (QED) is 0.740. The first-order valence-electron chi connectivity index (χ1n) is 11.8. The molecule has 2 aromatic carbocycles. The van der Waals surface area contributed by atoms with Crippen LogP contribution in [-0.2, 0) is 9.59 Å². The van der Waals surface area contributed by atoms with Crippen LogP contribution < -0.4 is 15.1 Å². The summed E-state index contributed by atoms with van der Waals surface area (Å²) in [4.78, 5) is 44.4. The highest BCUT2D eigenvalue weighted by atomic mass is 16.2. The van der Waals surface area contributed by atoms with E-state index >= 15 is 0 Å². The van der Waals surface area contributed by atoms with Crippen molar-refractivity contribution in [2.45, 2.75) is 38.3 Å². The minimum absolute atomic E-state index is 0.0242. The van der Waals surface area contributed by atoms with E-state index in [0.717, 1.165) is 19.5 Å². The van der Waals surface area contributed by atoms with E-state index in [1.807, 2.05) is 43.3 Å². The zero-order valence-electron chi connectivity index (χ0n) is 19.0. The van der Waals surface area contributed by atoms with Gasteiger partial charge in [0.05, 0.1) is 11.3 Å². The first kappa shape index (κ1) is 21.5. The van der Waals surface area contributed by atoms with Gasteiger partial charge < -0.3 is 15.1 Å². The Morgan fingerprint density at radius 1 is 1.09 bits per heavy atom. The van der Waals surface area contributed by atoms with Gasteiger partial charge in [-0.05, 0) is 49.9 Å². The molecule has 0 spiro atoms. The smallest absolute Gasteiger partial charge is 0.257 e. The molecule has 0 radical (unpaired) electrons. The van der Waals surface area contributed by atoms with Crippen molar-refractivity contribution in [2.75, 3.05) is 36.0 Å². The van der Waals surface area contributed by atoms with Crippen LogP contribution in [0, 0.1) is 5.92 Å². The molecule has 1 N–H and O–H groups in total. The van der Waals surface area contributed by atoms with Crippen LogP contribution in [0.3, 0.4) is 0 Å². The molecule has 7 heteroatoms. The Labute approximate surface area is 194 Å². The summed E-state index contributed by atoms with van der Waals surface area (Å²) in [6.45, 7) is 4.79. The van der Waals surface area contributed by atoms with Crippen LogP contribution in [0.4, 0.5) is 11.4 Å². The van der Waals surface area contributed by atoms with Crippen molar-refractivity contribution in [3.8, 4) is 0 Å². The average Bonchev–Trinajstić information content (AvgIpc) is 3.43. The Morgan fingerprint density at radius 2 is 1.85 bits per heavy atom. The van der Waals surface area contributed by atoms with Crippen LogP contribution in [-0.4, -0.2) is 54.5 Å². The lowest BCUT2D eigenvalue weighted by Gasteiger charge is -2.48. The van der Waals surface area contributed by atoms with Gasteiger partial charge in [-0.3, -0.25) is 19.3 Å². The van der Waals surface area contributed by atoms with E-state index in [4.69, 9.17) is 0 Å². The molecule has 0 unspecified atom stereocenters. The van der Waals surface area contributed by atoms with E-state index < -0.39 is 5.66 Å². The molecule has 0 bridgehead atoms. The summed E-state index contributed by atoms with van der Waals surface area (Å²) in [7, 11) is 0. The number of carbonyl (C=O) groups excluding carboxylic acids is 3. The average molecular weight is 447 g/mol. The summed E-state index contributed by atoms with van der Waals surface area (Å²) in [5.74, 6) is 0.273. The first-order valence-corrected chi connectivity index (χ1v) is 11.8. The molecule has 2 atom stereocenters. The summed E-state index contributed by atoms with van der Waals surface area (Å²) in [6, 6.07) is 17.6. The van der Waals surface area contributed by atoms with Gasteiger partial charge in [0.15, 0.2) is 0 Å². The lowest BCUT2D eigenvalue weighted by atomic mass is 9.98. The number of nitrogens with one attached hydrogen (secondary N) is 1. The molecule has 7 nitrogen and oxygen atoms in total. The fraction of sp³-hybridized carbons (Fsp3) is 0.423. The maximum absolute atomic E-state index is 13.3. The highest BCUT2D eigenvalue weighted by Gasteiger charge is 2.52. The molecule has 3 amide bonds. The summed E-state index contributed by atoms with van der Waals surface area (Å²) in [6.07, 6.45) is 2.25. The van der Waals surface area contributed by atoms with Gasteiger partial charge in [-0.1, -0.05) is 30.3 Å². The molecule has 2 saturated heterocycles. The van der Waals surface area contributed by atoms with E-state index in [2.05, 4.69) is 22.3 Å². The highest BCUT2D eigenvalue weighted by Crippen LogP contribution is 2.43. The number of amides is 3. The summed E-state index contributed by atoms with van der Waals surface area (Å²) in [5.41, 5.74) is 1.71. The maximum Gasteiger partial charge on any atom is 0.257 e. The summed E-state index contributed by atoms with van der Waals surface area (Å²) in [5, 5.41) is 3.07. The molecule has 2 fully saturated rings. The first-order chi connectivity index (χ1) is 16.0. The summed E-state index contributed by atoms with van der Waals surface area (Å²) < 4.78 is 0. The van der Waals surface area contributed by atoms with E-state index in [9.17, 15) is 14.4 Å². The largest absolute Gasteiger partial charge is 0.371 e. The van der Waals surface area contributed by atoms with Crippen molar-refractivity contribution in [1.29, 1.82) is 0 Å². The minimum atomic E-state index is -0.718. The standard InChI is InChI=1S/C26H30N4O3/c1-26-14-11-24(32)30(26)22-10-6-5-9-21(22)25(33)29(26)16-13-23(31)27-17-19-12-15-28(18-19)20-7-3-2-4-8-20/h2-10,19H,11-18H2,1H3,(H,27,31)/t19-,26+/m0/s1. The van der Waals surface area contributed by atoms with Gasteiger partial charge >= 0.3 is 0 Å². The van der Waals surface area contributed by atoms with Crippen molar-refractivity contribution < 1.29 is 14.4 Å². The van der Waals surface area contributed by atoms with Crippen molar-refractivity contribution in [2.24, 2.45) is 5.92 Å². The number of benzene rings is 2. The zero-order valence-corrected chi connectivity index (χ0v) is 19.0. The Bertz CT molecular complexity index is 1070. The predicted molar refractivity (Wildman–Crippen MR) is 127 cm³/mol. The molecular weight excluding hydrogens is 416 g/mol. The highest BCUT2D eigenvalue weighted by molar-refractivity contribution is 6.10. The number of carbonyl (C=O) groups is 3. The van der Waals surface area contributed by atoms with Crippen molar-refractivity contribution >= 4 is 29.1 Å². The van der Waals surface area contributed by atoms with Crippen LogP contribution >= 0.6 is 0 Å². The molecule has 5 rings (SSSR count). The molecule has 0 aromatic heterocycles. The lowest BCUT2D eigenvalue weighted by molar-refractivity contribution is -0.121. The van der Waals surface area contributed by atoms with Gasteiger partial charge in [0.2, 0.25) is 11.8 Å². The van der Waals surface area contributed by atoms with Crippen molar-refractivity contribution in [1.82, 2.24) is 10.2 Å². The predicted octanol–water partition coefficient (Wildman–Crippen LogP) is 3.02. The van der Waals surface area contributed by atoms with Gasteiger partial charge in [0, 0.05) is 44.7 Å². The Balaban J connectivity index is 1.19. The third-order valence-corrected chi connectivity index (χ3v) is 7.30. The Hall–Kier alpha value is -3.35. The van der Waals surface area contributed by atoms with Crippen LogP contribution in [0.15, 0.2) is 54.6 Å². The number of rotatable bonds is 6. The summed E-state index contributed by atoms with van der Waals surface area (Å²) >= 11 is 0. The Kier molecular flexibility index (Phi) is 5.56. The molecule has 2 aromatic rings. The van der Waals surface area contributed by atoms with E-state index in [1.165, 1.54) is 5.69 Å². The maximum atomic E-state index is 13.3.